The van der Waals surface area contributed by atoms with Gasteiger partial charge >= 0.3 is 0 Å². The molecular weight excluding hydrogens is 228 g/mol. The topological polar surface area (TPSA) is 68.2 Å². The molecule has 5 nitrogen and oxygen atoms in total. The quantitative estimate of drug-likeness (QED) is 0.635. The van der Waals surface area contributed by atoms with Crippen molar-refractivity contribution in [2.45, 2.75) is 44.2 Å². The van der Waals surface area contributed by atoms with Gasteiger partial charge in [-0.25, -0.2) is 0 Å². The van der Waals surface area contributed by atoms with Crippen LogP contribution in [0.25, 0.3) is 0 Å². The van der Waals surface area contributed by atoms with Gasteiger partial charge in [0, 0.05) is 25.2 Å². The lowest BCUT2D eigenvalue weighted by molar-refractivity contribution is -0.122. The Morgan fingerprint density at radius 1 is 1.44 bits per heavy atom. The molecule has 1 saturated heterocycles. The molecule has 0 radical (unpaired) electrons. The molecule has 1 aliphatic heterocycles. The Morgan fingerprint density at radius 3 is 2.89 bits per heavy atom. The molecule has 1 atom stereocenters. The molecule has 100 valence electrons. The van der Waals surface area contributed by atoms with Crippen LogP contribution in [0.15, 0.2) is 0 Å². The van der Waals surface area contributed by atoms with Gasteiger partial charge in [-0.05, 0) is 32.2 Å². The van der Waals surface area contributed by atoms with Gasteiger partial charge in [0.1, 0.15) is 0 Å². The van der Waals surface area contributed by atoms with Crippen molar-refractivity contribution in [3.63, 3.8) is 0 Å². The second-order valence-corrected chi connectivity index (χ2v) is 5.21. The molecule has 0 aromatic heterocycles. The highest BCUT2D eigenvalue weighted by molar-refractivity contribution is 5.78. The minimum absolute atomic E-state index is 0.0511. The van der Waals surface area contributed by atoms with Crippen molar-refractivity contribution in [2.24, 2.45) is 0 Å². The maximum Gasteiger partial charge on any atom is 0.234 e. The first kappa shape index (κ1) is 13.3. The molecule has 2 rings (SSSR count). The Balaban J connectivity index is 1.71. The molecule has 1 aliphatic carbocycles. The number of nitrogens with zero attached hydrogens (tertiary/aromatic N) is 2. The number of hydrogen-bond acceptors (Lipinski definition) is 4. The molecular formula is C13H22N4O. The molecule has 0 spiro atoms. The number of hydrogen-bond donors (Lipinski definition) is 2. The normalized spacial score (nSPS) is 23.0. The van der Waals surface area contributed by atoms with Gasteiger partial charge in [0.2, 0.25) is 5.91 Å². The average molecular weight is 250 g/mol. The number of amides is 1. The van der Waals surface area contributed by atoms with Gasteiger partial charge in [-0.3, -0.25) is 9.69 Å². The highest BCUT2D eigenvalue weighted by Gasteiger charge is 2.32. The van der Waals surface area contributed by atoms with E-state index in [0.717, 1.165) is 13.1 Å². The third-order valence-electron chi connectivity index (χ3n) is 3.59. The van der Waals surface area contributed by atoms with Gasteiger partial charge in [-0.15, -0.1) is 0 Å². The molecule has 18 heavy (non-hydrogen) atoms. The van der Waals surface area contributed by atoms with Crippen molar-refractivity contribution < 1.29 is 4.79 Å². The Kier molecular flexibility index (Phi) is 4.97. The van der Waals surface area contributed by atoms with Crippen LogP contribution in [0.5, 0.6) is 0 Å². The van der Waals surface area contributed by atoms with E-state index in [-0.39, 0.29) is 5.91 Å². The fourth-order valence-electron chi connectivity index (χ4n) is 2.48. The monoisotopic (exact) mass is 250 g/mol. The summed E-state index contributed by atoms with van der Waals surface area (Å²) in [4.78, 5) is 14.0. The minimum atomic E-state index is 0.0511. The van der Waals surface area contributed by atoms with Crippen molar-refractivity contribution >= 4 is 5.91 Å². The van der Waals surface area contributed by atoms with Gasteiger partial charge in [-0.1, -0.05) is 0 Å². The van der Waals surface area contributed by atoms with Crippen LogP contribution in [-0.2, 0) is 4.79 Å². The van der Waals surface area contributed by atoms with E-state index in [1.54, 1.807) is 0 Å². The highest BCUT2D eigenvalue weighted by Crippen LogP contribution is 2.27. The molecule has 0 aromatic carbocycles. The van der Waals surface area contributed by atoms with Crippen molar-refractivity contribution in [1.82, 2.24) is 15.5 Å². The minimum Gasteiger partial charge on any atom is -0.354 e. The Labute approximate surface area is 109 Å². The van der Waals surface area contributed by atoms with Crippen LogP contribution in [0.4, 0.5) is 0 Å². The summed E-state index contributed by atoms with van der Waals surface area (Å²) in [6, 6.07) is 3.19. The zero-order valence-electron chi connectivity index (χ0n) is 10.8. The average Bonchev–Trinajstić information content (AvgIpc) is 3.08. The van der Waals surface area contributed by atoms with E-state index >= 15 is 0 Å². The lowest BCUT2D eigenvalue weighted by Crippen LogP contribution is -2.44. The van der Waals surface area contributed by atoms with Crippen molar-refractivity contribution in [3.05, 3.63) is 0 Å². The standard InChI is InChI=1S/C13H22N4O/c14-6-2-8-16-13(18)10-17(12-4-5-12)9-11-3-1-7-15-11/h11-12,15H,1-5,7-10H2,(H,16,18). The molecule has 1 unspecified atom stereocenters. The van der Waals surface area contributed by atoms with E-state index in [1.165, 1.54) is 25.7 Å². The summed E-state index contributed by atoms with van der Waals surface area (Å²) in [5, 5.41) is 14.7. The zero-order valence-corrected chi connectivity index (χ0v) is 10.8. The third-order valence-corrected chi connectivity index (χ3v) is 3.59. The Hall–Kier alpha value is -1.12. The van der Waals surface area contributed by atoms with E-state index in [2.05, 4.69) is 15.5 Å². The molecule has 2 fully saturated rings. The third kappa shape index (κ3) is 4.28. The van der Waals surface area contributed by atoms with Crippen molar-refractivity contribution in [3.8, 4) is 6.07 Å². The Bertz CT molecular complexity index is 315. The van der Waals surface area contributed by atoms with Gasteiger partial charge in [0.25, 0.3) is 0 Å². The number of rotatable bonds is 7. The maximum absolute atomic E-state index is 11.8. The van der Waals surface area contributed by atoms with Crippen LogP contribution < -0.4 is 10.6 Å². The summed E-state index contributed by atoms with van der Waals surface area (Å²) in [6.45, 7) is 3.04. The second-order valence-electron chi connectivity index (χ2n) is 5.21. The van der Waals surface area contributed by atoms with Crippen LogP contribution in [0.1, 0.15) is 32.1 Å². The number of nitrogens with one attached hydrogen (secondary N) is 2. The summed E-state index contributed by atoms with van der Waals surface area (Å²) < 4.78 is 0. The van der Waals surface area contributed by atoms with Crippen molar-refractivity contribution in [1.29, 1.82) is 5.26 Å². The summed E-state index contributed by atoms with van der Waals surface area (Å²) in [5.74, 6) is 0.0511. The zero-order chi connectivity index (χ0) is 12.8. The predicted octanol–water partition coefficient (Wildman–Crippen LogP) is 0.233. The first-order valence-electron chi connectivity index (χ1n) is 6.90. The SMILES string of the molecule is N#CCCNC(=O)CN(CC1CCCN1)C1CC1. The van der Waals surface area contributed by atoms with Gasteiger partial charge in [-0.2, -0.15) is 5.26 Å². The van der Waals surface area contributed by atoms with Crippen LogP contribution >= 0.6 is 0 Å². The lowest BCUT2D eigenvalue weighted by atomic mass is 10.2. The fourth-order valence-corrected chi connectivity index (χ4v) is 2.48. The molecule has 0 aromatic rings. The summed E-state index contributed by atoms with van der Waals surface area (Å²) in [5.41, 5.74) is 0. The number of nitriles is 1. The van der Waals surface area contributed by atoms with Gasteiger partial charge < -0.3 is 10.6 Å². The lowest BCUT2D eigenvalue weighted by Gasteiger charge is -2.24. The highest BCUT2D eigenvalue weighted by atomic mass is 16.2. The Morgan fingerprint density at radius 2 is 2.28 bits per heavy atom. The van der Waals surface area contributed by atoms with Crippen LogP contribution in [0.2, 0.25) is 0 Å². The second kappa shape index (κ2) is 6.72. The maximum atomic E-state index is 11.8. The molecule has 0 bridgehead atoms. The first-order chi connectivity index (χ1) is 8.79. The summed E-state index contributed by atoms with van der Waals surface area (Å²) in [7, 11) is 0. The van der Waals surface area contributed by atoms with E-state index in [1.807, 2.05) is 6.07 Å². The summed E-state index contributed by atoms with van der Waals surface area (Å²) >= 11 is 0. The molecule has 1 heterocycles. The van der Waals surface area contributed by atoms with Crippen LogP contribution in [0, 0.1) is 11.3 Å². The van der Waals surface area contributed by atoms with E-state index < -0.39 is 0 Å². The van der Waals surface area contributed by atoms with E-state index in [9.17, 15) is 4.79 Å². The van der Waals surface area contributed by atoms with Crippen LogP contribution in [0.3, 0.4) is 0 Å². The van der Waals surface area contributed by atoms with Gasteiger partial charge in [0.05, 0.1) is 19.0 Å². The van der Waals surface area contributed by atoms with E-state index in [4.69, 9.17) is 5.26 Å². The molecule has 2 N–H and O–H groups in total. The van der Waals surface area contributed by atoms with Crippen molar-refractivity contribution in [2.75, 3.05) is 26.2 Å². The van der Waals surface area contributed by atoms with E-state index in [0.29, 0.717) is 31.6 Å². The summed E-state index contributed by atoms with van der Waals surface area (Å²) in [6.07, 6.45) is 5.30. The number of carbonyl (C=O) groups is 1. The fraction of sp³-hybridized carbons (Fsp3) is 0.846. The largest absolute Gasteiger partial charge is 0.354 e. The smallest absolute Gasteiger partial charge is 0.234 e. The molecule has 1 saturated carbocycles. The number of carbonyl (C=O) groups excluding carboxylic acids is 1. The first-order valence-corrected chi connectivity index (χ1v) is 6.90. The van der Waals surface area contributed by atoms with Gasteiger partial charge in [0.15, 0.2) is 0 Å². The molecule has 1 amide bonds. The predicted molar refractivity (Wildman–Crippen MR) is 68.9 cm³/mol. The molecule has 5 heteroatoms. The molecule has 2 aliphatic rings. The van der Waals surface area contributed by atoms with Crippen LogP contribution in [-0.4, -0.2) is 49.1 Å².